The number of hydrogen-bond donors (Lipinski definition) is 1. The lowest BCUT2D eigenvalue weighted by Gasteiger charge is -2.08. The van der Waals surface area contributed by atoms with Gasteiger partial charge in [0.2, 0.25) is 5.16 Å². The van der Waals surface area contributed by atoms with Crippen LogP contribution in [0.5, 0.6) is 0 Å². The minimum atomic E-state index is -0.328. The quantitative estimate of drug-likeness (QED) is 0.801. The second-order valence-electron chi connectivity index (χ2n) is 4.24. The van der Waals surface area contributed by atoms with Crippen LogP contribution >= 0.6 is 11.8 Å². The van der Waals surface area contributed by atoms with Crippen LogP contribution in [0.4, 0.5) is 4.39 Å². The van der Waals surface area contributed by atoms with E-state index in [0.717, 1.165) is 11.3 Å². The molecule has 0 aliphatic heterocycles. The summed E-state index contributed by atoms with van der Waals surface area (Å²) < 4.78 is 15.6. The van der Waals surface area contributed by atoms with Gasteiger partial charge >= 0.3 is 0 Å². The molecule has 7 heteroatoms. The first-order valence-electron chi connectivity index (χ1n) is 6.28. The van der Waals surface area contributed by atoms with E-state index in [1.807, 2.05) is 30.3 Å². The van der Waals surface area contributed by atoms with E-state index >= 15 is 0 Å². The van der Waals surface area contributed by atoms with Gasteiger partial charge in [0, 0.05) is 6.54 Å². The van der Waals surface area contributed by atoms with Crippen LogP contribution < -0.4 is 5.73 Å². The van der Waals surface area contributed by atoms with Crippen LogP contribution in [0.25, 0.3) is 5.69 Å². The molecule has 0 saturated carbocycles. The second-order valence-corrected chi connectivity index (χ2v) is 5.22. The predicted molar refractivity (Wildman–Crippen MR) is 77.6 cm³/mol. The number of aromatic nitrogens is 4. The highest BCUT2D eigenvalue weighted by Gasteiger charge is 2.15. The first-order valence-corrected chi connectivity index (χ1v) is 7.10. The summed E-state index contributed by atoms with van der Waals surface area (Å²) >= 11 is 1.17. The van der Waals surface area contributed by atoms with Crippen molar-refractivity contribution in [2.45, 2.75) is 16.6 Å². The zero-order chi connectivity index (χ0) is 14.7. The molecule has 0 unspecified atom stereocenters. The molecule has 0 bridgehead atoms. The molecule has 2 aromatic carbocycles. The minimum absolute atomic E-state index is 0.257. The smallest absolute Gasteiger partial charge is 0.219 e. The van der Waals surface area contributed by atoms with Crippen molar-refractivity contribution in [3.05, 3.63) is 59.9 Å². The molecule has 0 atom stereocenters. The molecule has 0 spiro atoms. The lowest BCUT2D eigenvalue weighted by atomic mass is 10.2. The third-order valence-electron chi connectivity index (χ3n) is 2.90. The summed E-state index contributed by atoms with van der Waals surface area (Å²) in [6, 6.07) is 14.3. The average Bonchev–Trinajstić information content (AvgIpc) is 2.98. The van der Waals surface area contributed by atoms with E-state index in [9.17, 15) is 4.39 Å². The summed E-state index contributed by atoms with van der Waals surface area (Å²) in [5, 5.41) is 12.1. The Morgan fingerprint density at radius 2 is 1.90 bits per heavy atom. The van der Waals surface area contributed by atoms with Crippen molar-refractivity contribution >= 4 is 11.8 Å². The highest BCUT2D eigenvalue weighted by molar-refractivity contribution is 7.99. The van der Waals surface area contributed by atoms with Crippen LogP contribution in [0, 0.1) is 5.82 Å². The predicted octanol–water partition coefficient (Wildman–Crippen LogP) is 2.41. The maximum atomic E-state index is 14.0. The van der Waals surface area contributed by atoms with Crippen LogP contribution in [-0.2, 0) is 6.54 Å². The first kappa shape index (κ1) is 13.7. The van der Waals surface area contributed by atoms with Crippen molar-refractivity contribution in [1.82, 2.24) is 20.2 Å². The molecule has 21 heavy (non-hydrogen) atoms. The van der Waals surface area contributed by atoms with Crippen LogP contribution in [0.3, 0.4) is 0 Å². The summed E-state index contributed by atoms with van der Waals surface area (Å²) in [6.45, 7) is 0.257. The number of para-hydroxylation sites is 1. The Morgan fingerprint density at radius 1 is 1.10 bits per heavy atom. The maximum absolute atomic E-state index is 14.0. The fourth-order valence-electron chi connectivity index (χ4n) is 1.89. The molecule has 2 N–H and O–H groups in total. The van der Waals surface area contributed by atoms with E-state index in [1.54, 1.807) is 16.8 Å². The van der Waals surface area contributed by atoms with E-state index < -0.39 is 0 Å². The monoisotopic (exact) mass is 301 g/mol. The maximum Gasteiger partial charge on any atom is 0.219 e. The molecule has 5 nitrogen and oxygen atoms in total. The number of tetrazole rings is 1. The van der Waals surface area contributed by atoms with Gasteiger partial charge in [-0.1, -0.05) is 30.3 Å². The van der Waals surface area contributed by atoms with Gasteiger partial charge in [-0.2, -0.15) is 4.68 Å². The molecule has 0 radical (unpaired) electrons. The molecule has 3 aromatic rings. The third-order valence-corrected chi connectivity index (χ3v) is 4.00. The topological polar surface area (TPSA) is 69.6 Å². The fraction of sp³-hybridized carbons (Fsp3) is 0.0714. The second kappa shape index (κ2) is 6.02. The molecule has 1 aromatic heterocycles. The van der Waals surface area contributed by atoms with Gasteiger partial charge in [-0.15, -0.1) is 5.10 Å². The third kappa shape index (κ3) is 2.79. The Kier molecular flexibility index (Phi) is 3.94. The summed E-state index contributed by atoms with van der Waals surface area (Å²) in [5.74, 6) is -0.328. The highest BCUT2D eigenvalue weighted by atomic mass is 32.2. The Balaban J connectivity index is 1.99. The van der Waals surface area contributed by atoms with Crippen molar-refractivity contribution in [3.63, 3.8) is 0 Å². The van der Waals surface area contributed by atoms with Crippen molar-refractivity contribution in [2.75, 3.05) is 0 Å². The average molecular weight is 301 g/mol. The summed E-state index contributed by atoms with van der Waals surface area (Å²) in [7, 11) is 0. The number of nitrogens with two attached hydrogens (primary N) is 1. The number of rotatable bonds is 4. The van der Waals surface area contributed by atoms with Crippen molar-refractivity contribution in [3.8, 4) is 5.69 Å². The van der Waals surface area contributed by atoms with Gasteiger partial charge < -0.3 is 5.73 Å². The van der Waals surface area contributed by atoms with Gasteiger partial charge in [-0.3, -0.25) is 0 Å². The van der Waals surface area contributed by atoms with E-state index in [2.05, 4.69) is 15.5 Å². The lowest BCUT2D eigenvalue weighted by molar-refractivity contribution is 0.596. The van der Waals surface area contributed by atoms with Gasteiger partial charge in [-0.25, -0.2) is 4.39 Å². The Bertz CT molecular complexity index is 744. The molecule has 0 aliphatic rings. The molecule has 3 rings (SSSR count). The molecule has 0 fully saturated rings. The van der Waals surface area contributed by atoms with Gasteiger partial charge in [0.05, 0.1) is 10.6 Å². The zero-order valence-electron chi connectivity index (χ0n) is 11.0. The number of benzene rings is 2. The Hall–Kier alpha value is -2.25. The molecular weight excluding hydrogens is 289 g/mol. The standard InChI is InChI=1S/C14H12FN5S/c15-12-8-4-5-10(9-16)13(12)21-14-17-18-19-20(14)11-6-2-1-3-7-11/h1-8H,9,16H2. The number of halogens is 1. The van der Waals surface area contributed by atoms with Gasteiger partial charge in [0.1, 0.15) is 5.82 Å². The largest absolute Gasteiger partial charge is 0.326 e. The van der Waals surface area contributed by atoms with Crippen LogP contribution in [0.1, 0.15) is 5.56 Å². The summed E-state index contributed by atoms with van der Waals surface area (Å²) in [4.78, 5) is 0.451. The van der Waals surface area contributed by atoms with Gasteiger partial charge in [0.25, 0.3) is 0 Å². The summed E-state index contributed by atoms with van der Waals surface area (Å²) in [6.07, 6.45) is 0. The number of nitrogens with zero attached hydrogens (tertiary/aromatic N) is 4. The lowest BCUT2D eigenvalue weighted by Crippen LogP contribution is -2.02. The highest BCUT2D eigenvalue weighted by Crippen LogP contribution is 2.31. The van der Waals surface area contributed by atoms with E-state index in [-0.39, 0.29) is 12.4 Å². The van der Waals surface area contributed by atoms with E-state index in [4.69, 9.17) is 5.73 Å². The molecule has 0 aliphatic carbocycles. The van der Waals surface area contributed by atoms with E-state index in [0.29, 0.717) is 10.1 Å². The van der Waals surface area contributed by atoms with Crippen LogP contribution in [-0.4, -0.2) is 20.2 Å². The zero-order valence-corrected chi connectivity index (χ0v) is 11.8. The van der Waals surface area contributed by atoms with Crippen molar-refractivity contribution in [2.24, 2.45) is 5.73 Å². The minimum Gasteiger partial charge on any atom is -0.326 e. The van der Waals surface area contributed by atoms with Crippen LogP contribution in [0.15, 0.2) is 58.6 Å². The van der Waals surface area contributed by atoms with Crippen LogP contribution in [0.2, 0.25) is 0 Å². The van der Waals surface area contributed by atoms with Crippen molar-refractivity contribution < 1.29 is 4.39 Å². The van der Waals surface area contributed by atoms with Gasteiger partial charge in [0.15, 0.2) is 0 Å². The summed E-state index contributed by atoms with van der Waals surface area (Å²) in [5.41, 5.74) is 7.20. The normalized spacial score (nSPS) is 10.8. The molecule has 1 heterocycles. The van der Waals surface area contributed by atoms with Gasteiger partial charge in [-0.05, 0) is 46.0 Å². The van der Waals surface area contributed by atoms with Crippen molar-refractivity contribution in [1.29, 1.82) is 0 Å². The number of hydrogen-bond acceptors (Lipinski definition) is 5. The fourth-order valence-corrected chi connectivity index (χ4v) is 2.83. The first-order chi connectivity index (χ1) is 10.3. The van der Waals surface area contributed by atoms with E-state index in [1.165, 1.54) is 17.8 Å². The molecule has 0 amide bonds. The molecule has 106 valence electrons. The molecule has 0 saturated heterocycles. The molecular formula is C14H12FN5S. The Labute approximate surface area is 125 Å². The SMILES string of the molecule is NCc1cccc(F)c1Sc1nnnn1-c1ccccc1. The Morgan fingerprint density at radius 3 is 2.67 bits per heavy atom.